The van der Waals surface area contributed by atoms with Crippen molar-refractivity contribution >= 4 is 11.8 Å². The first-order valence-corrected chi connectivity index (χ1v) is 5.07. The Kier molecular flexibility index (Phi) is 4.05. The number of rotatable bonds is 3. The van der Waals surface area contributed by atoms with E-state index in [1.54, 1.807) is 0 Å². The van der Waals surface area contributed by atoms with Gasteiger partial charge >= 0.3 is 0 Å². The molecule has 0 aromatic rings. The van der Waals surface area contributed by atoms with Crippen molar-refractivity contribution in [3.8, 4) is 0 Å². The van der Waals surface area contributed by atoms with Crippen molar-refractivity contribution in [3.63, 3.8) is 0 Å². The third-order valence-corrected chi connectivity index (χ3v) is 2.92. The minimum atomic E-state index is -0.292. The summed E-state index contributed by atoms with van der Waals surface area (Å²) >= 11 is 0. The zero-order valence-electron chi connectivity index (χ0n) is 8.90. The summed E-state index contributed by atoms with van der Waals surface area (Å²) in [5, 5.41) is 0. The van der Waals surface area contributed by atoms with Crippen LogP contribution < -0.4 is 17.0 Å². The van der Waals surface area contributed by atoms with Crippen LogP contribution in [0.5, 0.6) is 0 Å². The third kappa shape index (κ3) is 3.17. The highest BCUT2D eigenvalue weighted by Crippen LogP contribution is 2.20. The molecular formula is C9H18N4O2. The minimum absolute atomic E-state index is 0.147. The second-order valence-corrected chi connectivity index (χ2v) is 4.02. The fourth-order valence-electron chi connectivity index (χ4n) is 1.86. The molecule has 86 valence electrons. The monoisotopic (exact) mass is 214 g/mol. The smallest absolute Gasteiger partial charge is 0.248 e. The van der Waals surface area contributed by atoms with E-state index < -0.39 is 0 Å². The van der Waals surface area contributed by atoms with Crippen LogP contribution in [0.1, 0.15) is 19.8 Å². The van der Waals surface area contributed by atoms with Crippen molar-refractivity contribution in [3.05, 3.63) is 0 Å². The Morgan fingerprint density at radius 1 is 1.47 bits per heavy atom. The predicted octanol–water partition coefficient (Wildman–Crippen LogP) is -1.44. The molecule has 1 rings (SSSR count). The molecule has 0 aromatic carbocycles. The second kappa shape index (κ2) is 5.09. The molecule has 0 radical (unpaired) electrons. The van der Waals surface area contributed by atoms with E-state index >= 15 is 0 Å². The number of likely N-dealkylation sites (tertiary alicyclic amines) is 1. The summed E-state index contributed by atoms with van der Waals surface area (Å²) in [5.74, 6) is 4.33. The molecule has 1 heterocycles. The molecule has 0 spiro atoms. The van der Waals surface area contributed by atoms with Crippen LogP contribution in [0.4, 0.5) is 0 Å². The quantitative estimate of drug-likeness (QED) is 0.304. The Morgan fingerprint density at radius 2 is 2.13 bits per heavy atom. The minimum Gasteiger partial charge on any atom is -0.369 e. The van der Waals surface area contributed by atoms with Gasteiger partial charge in [0.15, 0.2) is 0 Å². The fraction of sp³-hybridized carbons (Fsp3) is 0.778. The Hall–Kier alpha value is -1.14. The fourth-order valence-corrected chi connectivity index (χ4v) is 1.86. The average molecular weight is 214 g/mol. The van der Waals surface area contributed by atoms with Crippen LogP contribution in [0.3, 0.4) is 0 Å². The number of piperidine rings is 1. The summed E-state index contributed by atoms with van der Waals surface area (Å²) in [6.45, 7) is 2.80. The Morgan fingerprint density at radius 3 is 2.67 bits per heavy atom. The van der Waals surface area contributed by atoms with Crippen LogP contribution in [0, 0.1) is 5.92 Å². The van der Waals surface area contributed by atoms with Crippen molar-refractivity contribution in [2.45, 2.75) is 25.8 Å². The first-order chi connectivity index (χ1) is 7.04. The maximum Gasteiger partial charge on any atom is 0.248 e. The van der Waals surface area contributed by atoms with Gasteiger partial charge in [0.2, 0.25) is 11.8 Å². The number of amides is 2. The van der Waals surface area contributed by atoms with Crippen LogP contribution in [-0.2, 0) is 9.59 Å². The number of hydrogen-bond donors (Lipinski definition) is 3. The molecule has 0 aromatic heterocycles. The molecule has 5 N–H and O–H groups in total. The van der Waals surface area contributed by atoms with Gasteiger partial charge in [0, 0.05) is 12.6 Å². The maximum absolute atomic E-state index is 11.1. The van der Waals surface area contributed by atoms with Crippen molar-refractivity contribution < 1.29 is 9.59 Å². The van der Waals surface area contributed by atoms with Gasteiger partial charge in [-0.05, 0) is 19.8 Å². The molecule has 15 heavy (non-hydrogen) atoms. The number of carbonyl (C=O) groups excluding carboxylic acids is 2. The molecular weight excluding hydrogens is 196 g/mol. The van der Waals surface area contributed by atoms with E-state index in [1.807, 2.05) is 11.8 Å². The lowest BCUT2D eigenvalue weighted by Crippen LogP contribution is -2.50. The van der Waals surface area contributed by atoms with Gasteiger partial charge in [0.1, 0.15) is 0 Å². The molecule has 0 bridgehead atoms. The summed E-state index contributed by atoms with van der Waals surface area (Å²) in [5.41, 5.74) is 7.33. The number of hydrazine groups is 1. The van der Waals surface area contributed by atoms with E-state index in [9.17, 15) is 9.59 Å². The summed E-state index contributed by atoms with van der Waals surface area (Å²) < 4.78 is 0. The van der Waals surface area contributed by atoms with E-state index in [0.29, 0.717) is 6.54 Å². The van der Waals surface area contributed by atoms with Gasteiger partial charge < -0.3 is 5.73 Å². The number of primary amides is 1. The summed E-state index contributed by atoms with van der Waals surface area (Å²) in [6.07, 6.45) is 1.68. The van der Waals surface area contributed by atoms with Gasteiger partial charge in [-0.1, -0.05) is 0 Å². The van der Waals surface area contributed by atoms with E-state index in [4.69, 9.17) is 11.6 Å². The molecule has 2 atom stereocenters. The third-order valence-electron chi connectivity index (χ3n) is 2.92. The largest absolute Gasteiger partial charge is 0.369 e. The van der Waals surface area contributed by atoms with Crippen LogP contribution >= 0.6 is 0 Å². The number of hydrogen-bond acceptors (Lipinski definition) is 4. The van der Waals surface area contributed by atoms with E-state index in [2.05, 4.69) is 5.43 Å². The average Bonchev–Trinajstić information content (AvgIpc) is 2.20. The number of nitrogens with zero attached hydrogens (tertiary/aromatic N) is 1. The lowest BCUT2D eigenvalue weighted by molar-refractivity contribution is -0.127. The van der Waals surface area contributed by atoms with Gasteiger partial charge in [-0.25, -0.2) is 5.84 Å². The Labute approximate surface area is 88.9 Å². The zero-order valence-corrected chi connectivity index (χ0v) is 8.90. The molecule has 1 fully saturated rings. The van der Waals surface area contributed by atoms with Crippen LogP contribution in [-0.4, -0.2) is 35.8 Å². The van der Waals surface area contributed by atoms with Crippen molar-refractivity contribution in [2.24, 2.45) is 17.5 Å². The first-order valence-electron chi connectivity index (χ1n) is 5.07. The number of carbonyl (C=O) groups is 2. The highest BCUT2D eigenvalue weighted by molar-refractivity contribution is 5.78. The molecule has 1 aliphatic rings. The van der Waals surface area contributed by atoms with Crippen molar-refractivity contribution in [1.82, 2.24) is 10.3 Å². The molecule has 0 aliphatic carbocycles. The van der Waals surface area contributed by atoms with Gasteiger partial charge in [0.05, 0.1) is 12.5 Å². The highest BCUT2D eigenvalue weighted by atomic mass is 16.2. The molecule has 1 aliphatic heterocycles. The van der Waals surface area contributed by atoms with Gasteiger partial charge in [-0.3, -0.25) is 19.9 Å². The summed E-state index contributed by atoms with van der Waals surface area (Å²) in [7, 11) is 0. The molecule has 0 saturated carbocycles. The molecule has 1 saturated heterocycles. The molecule has 6 nitrogen and oxygen atoms in total. The summed E-state index contributed by atoms with van der Waals surface area (Å²) in [6, 6.07) is 0.290. The molecule has 2 unspecified atom stereocenters. The lowest BCUT2D eigenvalue weighted by atomic mass is 9.93. The molecule has 6 heteroatoms. The normalized spacial score (nSPS) is 27.3. The second-order valence-electron chi connectivity index (χ2n) is 4.02. The first kappa shape index (κ1) is 11.9. The Bertz CT molecular complexity index is 256. The van der Waals surface area contributed by atoms with Crippen LogP contribution in [0.2, 0.25) is 0 Å². The van der Waals surface area contributed by atoms with E-state index in [0.717, 1.165) is 12.8 Å². The maximum atomic E-state index is 11.1. The van der Waals surface area contributed by atoms with Gasteiger partial charge in [0.25, 0.3) is 0 Å². The lowest BCUT2D eigenvalue weighted by Gasteiger charge is -2.36. The SMILES string of the molecule is CC1CCC(C(N)=O)CN1CC(=O)NN. The van der Waals surface area contributed by atoms with Crippen LogP contribution in [0.25, 0.3) is 0 Å². The summed E-state index contributed by atoms with van der Waals surface area (Å²) in [4.78, 5) is 24.1. The Balaban J connectivity index is 2.53. The van der Waals surface area contributed by atoms with E-state index in [1.165, 1.54) is 0 Å². The highest BCUT2D eigenvalue weighted by Gasteiger charge is 2.29. The predicted molar refractivity (Wildman–Crippen MR) is 55.3 cm³/mol. The van der Waals surface area contributed by atoms with Crippen molar-refractivity contribution in [1.29, 1.82) is 0 Å². The van der Waals surface area contributed by atoms with E-state index in [-0.39, 0.29) is 30.3 Å². The van der Waals surface area contributed by atoms with Crippen LogP contribution in [0.15, 0.2) is 0 Å². The van der Waals surface area contributed by atoms with Gasteiger partial charge in [-0.2, -0.15) is 0 Å². The van der Waals surface area contributed by atoms with Crippen molar-refractivity contribution in [2.75, 3.05) is 13.1 Å². The number of nitrogens with two attached hydrogens (primary N) is 2. The zero-order chi connectivity index (χ0) is 11.4. The molecule has 2 amide bonds. The van der Waals surface area contributed by atoms with Gasteiger partial charge in [-0.15, -0.1) is 0 Å². The number of nitrogens with one attached hydrogen (secondary N) is 1. The topological polar surface area (TPSA) is 101 Å². The standard InChI is InChI=1S/C9H18N4O2/c1-6-2-3-7(9(10)15)4-13(6)5-8(14)12-11/h6-7H,2-5,11H2,1H3,(H2,10,15)(H,12,14).